The summed E-state index contributed by atoms with van der Waals surface area (Å²) >= 11 is 1.63. The van der Waals surface area contributed by atoms with Crippen molar-refractivity contribution in [3.05, 3.63) is 5.01 Å². The normalized spacial score (nSPS) is 19.9. The molecule has 0 atom stereocenters. The van der Waals surface area contributed by atoms with Gasteiger partial charge < -0.3 is 10.6 Å². The molecule has 0 saturated carbocycles. The van der Waals surface area contributed by atoms with Crippen molar-refractivity contribution in [2.75, 3.05) is 18.0 Å². The molecule has 0 spiro atoms. The molecule has 4 nitrogen and oxygen atoms in total. The molecule has 0 aliphatic carbocycles. The van der Waals surface area contributed by atoms with Gasteiger partial charge in [0.1, 0.15) is 5.01 Å². The second kappa shape index (κ2) is 3.17. The zero-order valence-electron chi connectivity index (χ0n) is 8.82. The average molecular weight is 212 g/mol. The van der Waals surface area contributed by atoms with Gasteiger partial charge in [0, 0.05) is 13.1 Å². The molecule has 14 heavy (non-hydrogen) atoms. The van der Waals surface area contributed by atoms with Crippen LogP contribution < -0.4 is 10.6 Å². The molecule has 0 bridgehead atoms. The van der Waals surface area contributed by atoms with Crippen LogP contribution in [0.5, 0.6) is 0 Å². The Morgan fingerprint density at radius 1 is 1.43 bits per heavy atom. The van der Waals surface area contributed by atoms with Crippen LogP contribution in [0.3, 0.4) is 0 Å². The van der Waals surface area contributed by atoms with Crippen molar-refractivity contribution in [3.8, 4) is 0 Å². The number of aryl methyl sites for hydroxylation is 1. The second-order valence-corrected chi connectivity index (χ2v) is 5.51. The van der Waals surface area contributed by atoms with Gasteiger partial charge in [-0.15, -0.1) is 10.2 Å². The summed E-state index contributed by atoms with van der Waals surface area (Å²) in [5.41, 5.74) is 6.17. The van der Waals surface area contributed by atoms with Crippen LogP contribution in [0.4, 0.5) is 5.13 Å². The van der Waals surface area contributed by atoms with E-state index in [0.717, 1.165) is 23.2 Å². The van der Waals surface area contributed by atoms with Crippen LogP contribution in [0, 0.1) is 12.8 Å². The fourth-order valence-electron chi connectivity index (χ4n) is 1.58. The van der Waals surface area contributed by atoms with Crippen molar-refractivity contribution in [2.24, 2.45) is 11.7 Å². The lowest BCUT2D eigenvalue weighted by Crippen LogP contribution is -2.70. The van der Waals surface area contributed by atoms with Crippen molar-refractivity contribution >= 4 is 16.5 Å². The van der Waals surface area contributed by atoms with Crippen molar-refractivity contribution in [3.63, 3.8) is 0 Å². The molecule has 1 aliphatic heterocycles. The van der Waals surface area contributed by atoms with Gasteiger partial charge in [-0.05, 0) is 12.8 Å². The highest BCUT2D eigenvalue weighted by Gasteiger charge is 2.43. The van der Waals surface area contributed by atoms with E-state index in [9.17, 15) is 0 Å². The third-order valence-corrected chi connectivity index (χ3v) is 3.81. The van der Waals surface area contributed by atoms with Crippen LogP contribution in [0.1, 0.15) is 18.9 Å². The lowest BCUT2D eigenvalue weighted by molar-refractivity contribution is 0.244. The molecule has 1 aromatic heterocycles. The van der Waals surface area contributed by atoms with Crippen molar-refractivity contribution in [2.45, 2.75) is 26.3 Å². The molecular formula is C9H16N4S. The third-order valence-electron chi connectivity index (χ3n) is 2.91. The first-order valence-corrected chi connectivity index (χ1v) is 5.67. The van der Waals surface area contributed by atoms with Crippen LogP contribution in [0.15, 0.2) is 0 Å². The summed E-state index contributed by atoms with van der Waals surface area (Å²) in [5, 5.41) is 10.1. The van der Waals surface area contributed by atoms with E-state index in [-0.39, 0.29) is 5.54 Å². The predicted octanol–water partition coefficient (Wildman–Crippen LogP) is 1.02. The lowest BCUT2D eigenvalue weighted by Gasteiger charge is -2.50. The van der Waals surface area contributed by atoms with Crippen LogP contribution >= 0.6 is 11.3 Å². The minimum atomic E-state index is -0.0282. The molecule has 1 saturated heterocycles. The highest BCUT2D eigenvalue weighted by Crippen LogP contribution is 2.32. The topological polar surface area (TPSA) is 55.0 Å². The van der Waals surface area contributed by atoms with Crippen LogP contribution in [0.25, 0.3) is 0 Å². The Labute approximate surface area is 88.1 Å². The molecule has 1 aliphatic rings. The number of aromatic nitrogens is 2. The smallest absolute Gasteiger partial charge is 0.208 e. The van der Waals surface area contributed by atoms with Crippen LogP contribution in [-0.2, 0) is 0 Å². The van der Waals surface area contributed by atoms with E-state index in [1.165, 1.54) is 0 Å². The molecular weight excluding hydrogens is 196 g/mol. The lowest BCUT2D eigenvalue weighted by atomic mass is 9.81. The first kappa shape index (κ1) is 9.86. The number of anilines is 1. The number of hydrogen-bond donors (Lipinski definition) is 1. The zero-order chi connectivity index (χ0) is 10.3. The molecule has 5 heteroatoms. The molecule has 0 amide bonds. The van der Waals surface area contributed by atoms with E-state index in [4.69, 9.17) is 5.73 Å². The van der Waals surface area contributed by atoms with E-state index < -0.39 is 0 Å². The minimum Gasteiger partial charge on any atom is -0.343 e. The fourth-order valence-corrected chi connectivity index (χ4v) is 2.26. The molecule has 1 aromatic rings. The predicted molar refractivity (Wildman–Crippen MR) is 58.6 cm³/mol. The summed E-state index contributed by atoms with van der Waals surface area (Å²) in [4.78, 5) is 2.20. The monoisotopic (exact) mass is 212 g/mol. The largest absolute Gasteiger partial charge is 0.343 e. The Hall–Kier alpha value is -0.680. The van der Waals surface area contributed by atoms with Crippen molar-refractivity contribution in [1.82, 2.24) is 10.2 Å². The van der Waals surface area contributed by atoms with Crippen molar-refractivity contribution in [1.29, 1.82) is 0 Å². The van der Waals surface area contributed by atoms with Gasteiger partial charge in [0.15, 0.2) is 0 Å². The van der Waals surface area contributed by atoms with Gasteiger partial charge >= 0.3 is 0 Å². The number of nitrogens with zero attached hydrogens (tertiary/aromatic N) is 3. The third kappa shape index (κ3) is 1.50. The summed E-state index contributed by atoms with van der Waals surface area (Å²) in [5.74, 6) is 0.521. The Kier molecular flexibility index (Phi) is 2.23. The molecule has 0 radical (unpaired) electrons. The number of nitrogens with two attached hydrogens (primary N) is 1. The summed E-state index contributed by atoms with van der Waals surface area (Å²) in [6.07, 6.45) is 0. The summed E-state index contributed by atoms with van der Waals surface area (Å²) in [6.45, 7) is 8.11. The highest BCUT2D eigenvalue weighted by molar-refractivity contribution is 7.15. The van der Waals surface area contributed by atoms with Gasteiger partial charge in [-0.25, -0.2) is 0 Å². The highest BCUT2D eigenvalue weighted by atomic mass is 32.1. The molecule has 0 aromatic carbocycles. The Balaban J connectivity index is 2.01. The Morgan fingerprint density at radius 3 is 2.50 bits per heavy atom. The van der Waals surface area contributed by atoms with Gasteiger partial charge in [0.05, 0.1) is 5.54 Å². The maximum absolute atomic E-state index is 6.19. The minimum absolute atomic E-state index is 0.0282. The zero-order valence-corrected chi connectivity index (χ0v) is 9.64. The van der Waals surface area contributed by atoms with E-state index in [2.05, 4.69) is 28.9 Å². The van der Waals surface area contributed by atoms with Gasteiger partial charge in [-0.2, -0.15) is 0 Å². The molecule has 2 rings (SSSR count). The van der Waals surface area contributed by atoms with E-state index in [0.29, 0.717) is 5.92 Å². The summed E-state index contributed by atoms with van der Waals surface area (Å²) < 4.78 is 0. The fraction of sp³-hybridized carbons (Fsp3) is 0.778. The van der Waals surface area contributed by atoms with Crippen LogP contribution in [-0.4, -0.2) is 28.8 Å². The molecule has 78 valence electrons. The number of hydrogen-bond acceptors (Lipinski definition) is 5. The van der Waals surface area contributed by atoms with E-state index in [1.807, 2.05) is 6.92 Å². The Morgan fingerprint density at radius 2 is 2.07 bits per heavy atom. The van der Waals surface area contributed by atoms with Gasteiger partial charge in [-0.3, -0.25) is 0 Å². The first-order chi connectivity index (χ1) is 6.51. The van der Waals surface area contributed by atoms with Gasteiger partial charge in [-0.1, -0.05) is 25.2 Å². The van der Waals surface area contributed by atoms with Crippen molar-refractivity contribution < 1.29 is 0 Å². The average Bonchev–Trinajstić information content (AvgIpc) is 2.45. The molecule has 0 unspecified atom stereocenters. The summed E-state index contributed by atoms with van der Waals surface area (Å²) in [6, 6.07) is 0. The molecule has 1 fully saturated rings. The first-order valence-electron chi connectivity index (χ1n) is 4.85. The Bertz CT molecular complexity index is 327. The maximum Gasteiger partial charge on any atom is 0.208 e. The molecule has 2 N–H and O–H groups in total. The number of rotatable bonds is 2. The maximum atomic E-state index is 6.19. The van der Waals surface area contributed by atoms with E-state index >= 15 is 0 Å². The standard InChI is InChI=1S/C9H16N4S/c1-6(2)9(10)4-13(5-9)8-12-11-7(3)14-8/h6H,4-5,10H2,1-3H3. The summed E-state index contributed by atoms with van der Waals surface area (Å²) in [7, 11) is 0. The van der Waals surface area contributed by atoms with Crippen LogP contribution in [0.2, 0.25) is 0 Å². The SMILES string of the molecule is Cc1nnc(N2CC(N)(C(C)C)C2)s1. The van der Waals surface area contributed by atoms with E-state index in [1.54, 1.807) is 11.3 Å². The second-order valence-electron chi connectivity index (χ2n) is 4.35. The quantitative estimate of drug-likeness (QED) is 0.795. The van der Waals surface area contributed by atoms with Gasteiger partial charge in [0.25, 0.3) is 0 Å². The molecule has 2 heterocycles. The van der Waals surface area contributed by atoms with Gasteiger partial charge in [0.2, 0.25) is 5.13 Å².